The number of carboxylic acids is 1. The van der Waals surface area contributed by atoms with Crippen LogP contribution in [0.15, 0.2) is 42.5 Å². The first-order chi connectivity index (χ1) is 13.2. The van der Waals surface area contributed by atoms with E-state index in [-0.39, 0.29) is 17.1 Å². The molecule has 0 heterocycles. The van der Waals surface area contributed by atoms with E-state index in [9.17, 15) is 14.7 Å². The average Bonchev–Trinajstić information content (AvgIpc) is 2.62. The number of hydrogen-bond donors (Lipinski definition) is 2. The molecule has 0 amide bonds. The van der Waals surface area contributed by atoms with Gasteiger partial charge in [-0.05, 0) is 64.1 Å². The van der Waals surface area contributed by atoms with Gasteiger partial charge in [0.2, 0.25) is 0 Å². The lowest BCUT2D eigenvalue weighted by molar-refractivity contribution is 0.0696. The van der Waals surface area contributed by atoms with Gasteiger partial charge in [0.15, 0.2) is 5.78 Å². The normalized spacial score (nSPS) is 11.5. The Morgan fingerprint density at radius 3 is 1.82 bits per heavy atom. The molecule has 0 bridgehead atoms. The third kappa shape index (κ3) is 5.77. The summed E-state index contributed by atoms with van der Waals surface area (Å²) in [6, 6.07) is 9.73. The average molecular weight is 382 g/mol. The minimum Gasteiger partial charge on any atom is -0.507 e. The zero-order valence-electron chi connectivity index (χ0n) is 16.6. The number of carboxylic acid groups (broad SMARTS) is 1. The molecule has 0 spiro atoms. The van der Waals surface area contributed by atoms with Crippen molar-refractivity contribution in [1.82, 2.24) is 9.80 Å². The number of nitrogens with zero attached hydrogens (tertiary/aromatic N) is 2. The van der Waals surface area contributed by atoms with Crippen molar-refractivity contribution in [3.63, 3.8) is 0 Å². The Labute approximate surface area is 165 Å². The SMILES string of the molecule is CN(C)Cc1cc(C(=O)/C=C/c2ccc(C(=O)O)cc2)cc(CN(C)C)c1O. The Hall–Kier alpha value is -2.96. The molecular weight excluding hydrogens is 356 g/mol. The van der Waals surface area contributed by atoms with Gasteiger partial charge in [0.1, 0.15) is 5.75 Å². The van der Waals surface area contributed by atoms with E-state index in [1.54, 1.807) is 30.3 Å². The highest BCUT2D eigenvalue weighted by molar-refractivity contribution is 6.07. The maximum atomic E-state index is 12.7. The fraction of sp³-hybridized carbons (Fsp3) is 0.273. The summed E-state index contributed by atoms with van der Waals surface area (Å²) in [6.07, 6.45) is 3.11. The zero-order valence-corrected chi connectivity index (χ0v) is 16.6. The summed E-state index contributed by atoms with van der Waals surface area (Å²) in [7, 11) is 7.61. The summed E-state index contributed by atoms with van der Waals surface area (Å²) >= 11 is 0. The van der Waals surface area contributed by atoms with Crippen molar-refractivity contribution < 1.29 is 19.8 Å². The lowest BCUT2D eigenvalue weighted by atomic mass is 9.99. The van der Waals surface area contributed by atoms with Crippen molar-refractivity contribution in [1.29, 1.82) is 0 Å². The Morgan fingerprint density at radius 2 is 1.39 bits per heavy atom. The van der Waals surface area contributed by atoms with Crippen molar-refractivity contribution in [2.45, 2.75) is 13.1 Å². The molecule has 0 atom stereocenters. The molecule has 0 saturated carbocycles. The summed E-state index contributed by atoms with van der Waals surface area (Å²) in [5.74, 6) is -0.952. The van der Waals surface area contributed by atoms with Crippen LogP contribution in [0.4, 0.5) is 0 Å². The largest absolute Gasteiger partial charge is 0.507 e. The molecule has 0 unspecified atom stereocenters. The van der Waals surface area contributed by atoms with Crippen LogP contribution in [-0.4, -0.2) is 60.0 Å². The van der Waals surface area contributed by atoms with E-state index >= 15 is 0 Å². The second-order valence-corrected chi connectivity index (χ2v) is 7.24. The van der Waals surface area contributed by atoms with E-state index in [1.165, 1.54) is 18.2 Å². The molecule has 2 aromatic rings. The number of hydrogen-bond acceptors (Lipinski definition) is 5. The Kier molecular flexibility index (Phi) is 7.09. The smallest absolute Gasteiger partial charge is 0.335 e. The molecule has 0 fully saturated rings. The maximum absolute atomic E-state index is 12.7. The maximum Gasteiger partial charge on any atom is 0.335 e. The van der Waals surface area contributed by atoms with Gasteiger partial charge < -0.3 is 20.0 Å². The molecule has 2 rings (SSSR count). The molecule has 148 valence electrons. The first-order valence-corrected chi connectivity index (χ1v) is 8.87. The lowest BCUT2D eigenvalue weighted by Crippen LogP contribution is -2.15. The van der Waals surface area contributed by atoms with Gasteiger partial charge in [-0.15, -0.1) is 0 Å². The summed E-state index contributed by atoms with van der Waals surface area (Å²) in [6.45, 7) is 1.04. The van der Waals surface area contributed by atoms with E-state index < -0.39 is 5.97 Å². The first kappa shape index (κ1) is 21.3. The van der Waals surface area contributed by atoms with Crippen LogP contribution in [0.25, 0.3) is 6.08 Å². The number of carbonyl (C=O) groups excluding carboxylic acids is 1. The van der Waals surface area contributed by atoms with Gasteiger partial charge in [-0.2, -0.15) is 0 Å². The van der Waals surface area contributed by atoms with Crippen LogP contribution in [0.1, 0.15) is 37.4 Å². The number of aromatic carboxylic acids is 1. The molecule has 6 heteroatoms. The molecule has 0 saturated heterocycles. The van der Waals surface area contributed by atoms with Crippen LogP contribution in [-0.2, 0) is 13.1 Å². The van der Waals surface area contributed by atoms with Crippen molar-refractivity contribution in [2.75, 3.05) is 28.2 Å². The highest BCUT2D eigenvalue weighted by atomic mass is 16.4. The van der Waals surface area contributed by atoms with Crippen LogP contribution in [0.5, 0.6) is 5.75 Å². The molecule has 0 aliphatic rings. The van der Waals surface area contributed by atoms with Crippen molar-refractivity contribution in [2.24, 2.45) is 0 Å². The molecule has 0 aliphatic heterocycles. The first-order valence-electron chi connectivity index (χ1n) is 8.87. The fourth-order valence-electron chi connectivity index (χ4n) is 2.83. The van der Waals surface area contributed by atoms with Crippen LogP contribution in [0.3, 0.4) is 0 Å². The quantitative estimate of drug-likeness (QED) is 0.539. The van der Waals surface area contributed by atoms with E-state index in [2.05, 4.69) is 0 Å². The van der Waals surface area contributed by atoms with Gasteiger partial charge in [0.05, 0.1) is 5.56 Å². The Balaban J connectivity index is 2.31. The molecular formula is C22H26N2O4. The summed E-state index contributed by atoms with van der Waals surface area (Å²) in [5.41, 5.74) is 2.84. The standard InChI is InChI=1S/C22H26N2O4/c1-23(2)13-18-11-17(12-19(21(18)26)14-24(3)4)20(25)10-7-15-5-8-16(9-6-15)22(27)28/h5-12,26H,13-14H2,1-4H3,(H,27,28)/b10-7+. The topological polar surface area (TPSA) is 81.1 Å². The van der Waals surface area contributed by atoms with Crippen molar-refractivity contribution in [3.05, 3.63) is 70.3 Å². The van der Waals surface area contributed by atoms with E-state index in [4.69, 9.17) is 5.11 Å². The number of benzene rings is 2. The third-order valence-corrected chi connectivity index (χ3v) is 4.11. The number of ketones is 1. The molecule has 6 nitrogen and oxygen atoms in total. The van der Waals surface area contributed by atoms with Crippen molar-refractivity contribution in [3.8, 4) is 5.75 Å². The number of carbonyl (C=O) groups is 2. The highest BCUT2D eigenvalue weighted by Gasteiger charge is 2.14. The zero-order chi connectivity index (χ0) is 20.8. The van der Waals surface area contributed by atoms with Gasteiger partial charge in [0.25, 0.3) is 0 Å². The van der Waals surface area contributed by atoms with E-state index in [1.807, 2.05) is 38.0 Å². The Morgan fingerprint density at radius 1 is 0.893 bits per heavy atom. The number of rotatable bonds is 8. The minimum atomic E-state index is -0.988. The third-order valence-electron chi connectivity index (χ3n) is 4.11. The number of allylic oxidation sites excluding steroid dienone is 1. The lowest BCUT2D eigenvalue weighted by Gasteiger charge is -2.17. The van der Waals surface area contributed by atoms with Gasteiger partial charge in [-0.25, -0.2) is 4.79 Å². The van der Waals surface area contributed by atoms with Gasteiger partial charge in [0, 0.05) is 29.8 Å². The van der Waals surface area contributed by atoms with Gasteiger partial charge >= 0.3 is 5.97 Å². The molecule has 0 aromatic heterocycles. The monoisotopic (exact) mass is 382 g/mol. The Bertz CT molecular complexity index is 853. The predicted octanol–water partition coefficient (Wildman–Crippen LogP) is 3.11. The second-order valence-electron chi connectivity index (χ2n) is 7.24. The van der Waals surface area contributed by atoms with E-state index in [0.717, 1.165) is 5.56 Å². The van der Waals surface area contributed by atoms with Crippen LogP contribution < -0.4 is 0 Å². The summed E-state index contributed by atoms with van der Waals surface area (Å²) in [4.78, 5) is 27.5. The van der Waals surface area contributed by atoms with Crippen LogP contribution >= 0.6 is 0 Å². The summed E-state index contributed by atoms with van der Waals surface area (Å²) in [5, 5.41) is 19.5. The van der Waals surface area contributed by atoms with Gasteiger partial charge in [-0.3, -0.25) is 4.79 Å². The van der Waals surface area contributed by atoms with Gasteiger partial charge in [-0.1, -0.05) is 18.2 Å². The van der Waals surface area contributed by atoms with Crippen LogP contribution in [0.2, 0.25) is 0 Å². The predicted molar refractivity (Wildman–Crippen MR) is 110 cm³/mol. The van der Waals surface area contributed by atoms with Crippen molar-refractivity contribution >= 4 is 17.8 Å². The molecule has 0 aliphatic carbocycles. The fourth-order valence-corrected chi connectivity index (χ4v) is 2.83. The molecule has 2 aromatic carbocycles. The minimum absolute atomic E-state index is 0.178. The van der Waals surface area contributed by atoms with E-state index in [0.29, 0.717) is 29.8 Å². The number of phenols is 1. The molecule has 2 N–H and O–H groups in total. The second kappa shape index (κ2) is 9.30. The molecule has 0 radical (unpaired) electrons. The molecule has 28 heavy (non-hydrogen) atoms. The number of aromatic hydroxyl groups is 1. The number of phenolic OH excluding ortho intramolecular Hbond substituents is 1. The highest BCUT2D eigenvalue weighted by Crippen LogP contribution is 2.27. The van der Waals surface area contributed by atoms with Crippen LogP contribution in [0, 0.1) is 0 Å². The summed E-state index contributed by atoms with van der Waals surface area (Å²) < 4.78 is 0.